The number of carbonyl (C=O) groups is 1. The fraction of sp³-hybridized carbons (Fsp3) is 0.300. The summed E-state index contributed by atoms with van der Waals surface area (Å²) in [5.41, 5.74) is 1.42. The van der Waals surface area contributed by atoms with Gasteiger partial charge in [0, 0.05) is 41.8 Å². The number of piperazine rings is 1. The zero-order chi connectivity index (χ0) is 19.7. The summed E-state index contributed by atoms with van der Waals surface area (Å²) < 4.78 is 6.79. The third-order valence-electron chi connectivity index (χ3n) is 4.62. The minimum Gasteiger partial charge on any atom is -0.492 e. The van der Waals surface area contributed by atoms with E-state index in [0.717, 1.165) is 34.2 Å². The average Bonchev–Trinajstić information content (AvgIpc) is 3.12. The van der Waals surface area contributed by atoms with Gasteiger partial charge in [0.05, 0.1) is 11.3 Å². The van der Waals surface area contributed by atoms with Gasteiger partial charge >= 0.3 is 0 Å². The van der Waals surface area contributed by atoms with Crippen LogP contribution in [-0.2, 0) is 0 Å². The summed E-state index contributed by atoms with van der Waals surface area (Å²) in [7, 11) is 0. The van der Waals surface area contributed by atoms with Crippen molar-refractivity contribution < 1.29 is 9.53 Å². The molecule has 146 valence electrons. The number of carbonyl (C=O) groups excluding carboxylic acids is 1. The van der Waals surface area contributed by atoms with E-state index in [1.165, 1.54) is 0 Å². The van der Waals surface area contributed by atoms with Crippen LogP contribution in [0.5, 0.6) is 5.75 Å². The van der Waals surface area contributed by atoms with Crippen molar-refractivity contribution in [1.29, 1.82) is 0 Å². The summed E-state index contributed by atoms with van der Waals surface area (Å²) in [4.78, 5) is 21.6. The fourth-order valence-electron chi connectivity index (χ4n) is 3.28. The van der Waals surface area contributed by atoms with E-state index in [1.807, 2.05) is 24.0 Å². The molecule has 5 nitrogen and oxygen atoms in total. The molecule has 28 heavy (non-hydrogen) atoms. The maximum atomic E-state index is 12.8. The van der Waals surface area contributed by atoms with Gasteiger partial charge in [-0.25, -0.2) is 4.98 Å². The summed E-state index contributed by atoms with van der Waals surface area (Å²) in [6.07, 6.45) is 0. The third kappa shape index (κ3) is 3.90. The largest absolute Gasteiger partial charge is 0.492 e. The molecule has 2 aromatic carbocycles. The lowest BCUT2D eigenvalue weighted by Crippen LogP contribution is -2.48. The minimum absolute atomic E-state index is 0.0491. The molecular weight excluding hydrogens is 417 g/mol. The number of halogens is 2. The molecule has 1 fully saturated rings. The first-order chi connectivity index (χ1) is 13.5. The third-order valence-corrected chi connectivity index (χ3v) is 6.14. The number of hydrogen-bond donors (Lipinski definition) is 0. The normalized spacial score (nSPS) is 14.5. The van der Waals surface area contributed by atoms with Gasteiger partial charge in [0.25, 0.3) is 5.91 Å². The summed E-state index contributed by atoms with van der Waals surface area (Å²) in [5.74, 6) is 0.765. The van der Waals surface area contributed by atoms with Crippen molar-refractivity contribution >= 4 is 55.8 Å². The van der Waals surface area contributed by atoms with Gasteiger partial charge in [0.1, 0.15) is 11.3 Å². The van der Waals surface area contributed by atoms with E-state index in [0.29, 0.717) is 35.3 Å². The first-order valence-electron chi connectivity index (χ1n) is 9.08. The number of benzene rings is 2. The molecule has 0 bridgehead atoms. The van der Waals surface area contributed by atoms with Crippen LogP contribution in [0.4, 0.5) is 5.13 Å². The summed E-state index contributed by atoms with van der Waals surface area (Å²) >= 11 is 13.7. The Balaban J connectivity index is 1.47. The molecule has 4 rings (SSSR count). The van der Waals surface area contributed by atoms with Gasteiger partial charge in [-0.3, -0.25) is 4.79 Å². The Morgan fingerprint density at radius 2 is 1.86 bits per heavy atom. The second-order valence-corrected chi connectivity index (χ2v) is 8.35. The number of aromatic nitrogens is 1. The first-order valence-corrected chi connectivity index (χ1v) is 10.6. The van der Waals surface area contributed by atoms with Crippen LogP contribution in [-0.4, -0.2) is 48.6 Å². The van der Waals surface area contributed by atoms with E-state index in [9.17, 15) is 4.79 Å². The Labute approximate surface area is 177 Å². The number of para-hydroxylation sites is 1. The highest BCUT2D eigenvalue weighted by Gasteiger charge is 2.24. The van der Waals surface area contributed by atoms with Crippen molar-refractivity contribution in [3.05, 3.63) is 52.0 Å². The molecule has 0 spiro atoms. The lowest BCUT2D eigenvalue weighted by atomic mass is 10.2. The van der Waals surface area contributed by atoms with Gasteiger partial charge in [-0.1, -0.05) is 40.6 Å². The number of nitrogens with zero attached hydrogens (tertiary/aromatic N) is 3. The van der Waals surface area contributed by atoms with Gasteiger partial charge in [0.15, 0.2) is 5.13 Å². The highest BCUT2D eigenvalue weighted by atomic mass is 35.5. The Morgan fingerprint density at radius 1 is 1.14 bits per heavy atom. The molecule has 1 aliphatic rings. The Morgan fingerprint density at radius 3 is 2.54 bits per heavy atom. The van der Waals surface area contributed by atoms with Crippen LogP contribution in [0, 0.1) is 0 Å². The van der Waals surface area contributed by atoms with Gasteiger partial charge in [0.2, 0.25) is 0 Å². The number of ether oxygens (including phenoxy) is 1. The van der Waals surface area contributed by atoms with Crippen molar-refractivity contribution in [1.82, 2.24) is 9.88 Å². The van der Waals surface area contributed by atoms with Crippen LogP contribution in [0.2, 0.25) is 10.0 Å². The van der Waals surface area contributed by atoms with E-state index in [2.05, 4.69) is 11.0 Å². The molecule has 8 heteroatoms. The predicted molar refractivity (Wildman–Crippen MR) is 115 cm³/mol. The minimum atomic E-state index is -0.0491. The monoisotopic (exact) mass is 435 g/mol. The molecule has 3 aromatic rings. The zero-order valence-corrected chi connectivity index (χ0v) is 17.7. The van der Waals surface area contributed by atoms with Crippen LogP contribution >= 0.6 is 34.5 Å². The van der Waals surface area contributed by atoms with E-state index < -0.39 is 0 Å². The van der Waals surface area contributed by atoms with Crippen LogP contribution < -0.4 is 9.64 Å². The first kappa shape index (κ1) is 19.3. The molecule has 1 aromatic heterocycles. The van der Waals surface area contributed by atoms with Crippen LogP contribution in [0.3, 0.4) is 0 Å². The molecule has 0 saturated carbocycles. The average molecular weight is 436 g/mol. The summed E-state index contributed by atoms with van der Waals surface area (Å²) in [6, 6.07) is 10.9. The van der Waals surface area contributed by atoms with Crippen molar-refractivity contribution in [2.45, 2.75) is 6.92 Å². The number of amides is 1. The van der Waals surface area contributed by atoms with E-state index >= 15 is 0 Å². The standard InChI is InChI=1S/C20H19Cl2N3O2S/c1-2-27-16-4-3-5-17-18(16)23-20(28-17)25-8-6-24(7-9-25)19(26)13-10-14(21)12-15(22)11-13/h3-5,10-12H,2,6-9H2,1H3. The molecular formula is C20H19Cl2N3O2S. The Kier molecular flexibility index (Phi) is 5.62. The quantitative estimate of drug-likeness (QED) is 0.580. The van der Waals surface area contributed by atoms with Crippen molar-refractivity contribution in [2.75, 3.05) is 37.7 Å². The predicted octanol–water partition coefficient (Wildman–Crippen LogP) is 4.96. The van der Waals surface area contributed by atoms with Gasteiger partial charge in [-0.05, 0) is 37.3 Å². The van der Waals surface area contributed by atoms with Crippen molar-refractivity contribution in [3.8, 4) is 5.75 Å². The lowest BCUT2D eigenvalue weighted by molar-refractivity contribution is 0.0747. The number of rotatable bonds is 4. The fourth-order valence-corrected chi connectivity index (χ4v) is 4.84. The van der Waals surface area contributed by atoms with Crippen LogP contribution in [0.15, 0.2) is 36.4 Å². The molecule has 0 N–H and O–H groups in total. The van der Waals surface area contributed by atoms with E-state index in [-0.39, 0.29) is 5.91 Å². The van der Waals surface area contributed by atoms with Crippen LogP contribution in [0.25, 0.3) is 10.2 Å². The van der Waals surface area contributed by atoms with Gasteiger partial charge in [-0.15, -0.1) is 0 Å². The molecule has 1 amide bonds. The van der Waals surface area contributed by atoms with E-state index in [1.54, 1.807) is 29.5 Å². The molecule has 0 unspecified atom stereocenters. The second-order valence-electron chi connectivity index (χ2n) is 6.47. The lowest BCUT2D eigenvalue weighted by Gasteiger charge is -2.34. The molecule has 1 aliphatic heterocycles. The summed E-state index contributed by atoms with van der Waals surface area (Å²) in [6.45, 7) is 5.28. The molecule has 2 heterocycles. The topological polar surface area (TPSA) is 45.7 Å². The summed E-state index contributed by atoms with van der Waals surface area (Å²) in [5, 5.41) is 1.89. The molecule has 0 atom stereocenters. The molecule has 0 radical (unpaired) electrons. The smallest absolute Gasteiger partial charge is 0.254 e. The SMILES string of the molecule is CCOc1cccc2sc(N3CCN(C(=O)c4cc(Cl)cc(Cl)c4)CC3)nc12. The maximum Gasteiger partial charge on any atom is 0.254 e. The molecule has 0 aliphatic carbocycles. The molecule has 1 saturated heterocycles. The number of thiazole rings is 1. The number of anilines is 1. The van der Waals surface area contributed by atoms with Gasteiger partial charge < -0.3 is 14.5 Å². The second kappa shape index (κ2) is 8.15. The number of hydrogen-bond acceptors (Lipinski definition) is 5. The number of fused-ring (bicyclic) bond motifs is 1. The maximum absolute atomic E-state index is 12.8. The van der Waals surface area contributed by atoms with Crippen molar-refractivity contribution in [3.63, 3.8) is 0 Å². The van der Waals surface area contributed by atoms with Crippen molar-refractivity contribution in [2.24, 2.45) is 0 Å². The highest BCUT2D eigenvalue weighted by Crippen LogP contribution is 2.34. The Bertz CT molecular complexity index is 996. The Hall–Kier alpha value is -2.02. The van der Waals surface area contributed by atoms with E-state index in [4.69, 9.17) is 32.9 Å². The highest BCUT2D eigenvalue weighted by molar-refractivity contribution is 7.22. The van der Waals surface area contributed by atoms with Gasteiger partial charge in [-0.2, -0.15) is 0 Å². The van der Waals surface area contributed by atoms with Crippen LogP contribution in [0.1, 0.15) is 17.3 Å². The zero-order valence-electron chi connectivity index (χ0n) is 15.3.